The van der Waals surface area contributed by atoms with Crippen molar-refractivity contribution in [3.8, 4) is 0 Å². The van der Waals surface area contributed by atoms with Gasteiger partial charge in [-0.25, -0.2) is 0 Å². The second kappa shape index (κ2) is 7.41. The third-order valence-corrected chi connectivity index (χ3v) is 7.16. The minimum absolute atomic E-state index is 0.630. The summed E-state index contributed by atoms with van der Waals surface area (Å²) < 4.78 is 5.56. The van der Waals surface area contributed by atoms with Crippen LogP contribution in [0.15, 0.2) is 0 Å². The van der Waals surface area contributed by atoms with E-state index in [2.05, 4.69) is 9.80 Å². The van der Waals surface area contributed by atoms with Gasteiger partial charge in [0.15, 0.2) is 0 Å². The molecule has 0 aromatic rings. The fraction of sp³-hybridized carbons (Fsp3) is 1.00. The highest BCUT2D eigenvalue weighted by Crippen LogP contribution is 2.41. The Kier molecular flexibility index (Phi) is 5.27. The van der Waals surface area contributed by atoms with Crippen LogP contribution in [0.4, 0.5) is 0 Å². The van der Waals surface area contributed by atoms with Crippen molar-refractivity contribution in [2.45, 2.75) is 70.3 Å². The maximum Gasteiger partial charge on any atom is 0.0480 e. The Hall–Kier alpha value is -0.120. The minimum Gasteiger partial charge on any atom is -0.381 e. The smallest absolute Gasteiger partial charge is 0.0480 e. The third kappa shape index (κ3) is 3.93. The number of likely N-dealkylation sites (tertiary alicyclic amines) is 2. The summed E-state index contributed by atoms with van der Waals surface area (Å²) in [5, 5.41) is 0. The van der Waals surface area contributed by atoms with Crippen molar-refractivity contribution in [2.75, 3.05) is 45.9 Å². The van der Waals surface area contributed by atoms with Gasteiger partial charge in [-0.2, -0.15) is 0 Å². The maximum atomic E-state index is 5.56. The molecule has 0 amide bonds. The number of piperidine rings is 1. The first-order valence-electron chi connectivity index (χ1n) is 10.4. The van der Waals surface area contributed by atoms with E-state index in [-0.39, 0.29) is 0 Å². The summed E-state index contributed by atoms with van der Waals surface area (Å²) in [5.74, 6) is 1.01. The first-order valence-corrected chi connectivity index (χ1v) is 10.4. The fourth-order valence-corrected chi connectivity index (χ4v) is 5.87. The van der Waals surface area contributed by atoms with E-state index in [4.69, 9.17) is 4.74 Å². The van der Waals surface area contributed by atoms with E-state index in [0.717, 1.165) is 25.2 Å². The molecule has 132 valence electrons. The first-order chi connectivity index (χ1) is 11.3. The highest BCUT2D eigenvalue weighted by Gasteiger charge is 2.43. The van der Waals surface area contributed by atoms with Crippen LogP contribution in [0.25, 0.3) is 0 Å². The molecule has 1 unspecified atom stereocenters. The molecule has 0 aromatic heterocycles. The predicted molar refractivity (Wildman–Crippen MR) is 94.7 cm³/mol. The molecule has 0 bridgehead atoms. The van der Waals surface area contributed by atoms with Crippen LogP contribution in [0.5, 0.6) is 0 Å². The summed E-state index contributed by atoms with van der Waals surface area (Å²) >= 11 is 0. The average Bonchev–Trinajstić information content (AvgIpc) is 3.00. The molecule has 23 heavy (non-hydrogen) atoms. The molecule has 3 heteroatoms. The van der Waals surface area contributed by atoms with Gasteiger partial charge in [0.2, 0.25) is 0 Å². The van der Waals surface area contributed by atoms with E-state index in [9.17, 15) is 0 Å². The van der Waals surface area contributed by atoms with Gasteiger partial charge in [0, 0.05) is 38.9 Å². The maximum absolute atomic E-state index is 5.56. The molecule has 3 aliphatic heterocycles. The molecule has 0 N–H and O–H groups in total. The van der Waals surface area contributed by atoms with E-state index in [0.29, 0.717) is 5.41 Å². The molecule has 1 saturated carbocycles. The molecule has 3 nitrogen and oxygen atoms in total. The number of hydrogen-bond donors (Lipinski definition) is 0. The lowest BCUT2D eigenvalue weighted by Crippen LogP contribution is -2.47. The monoisotopic (exact) mass is 320 g/mol. The summed E-state index contributed by atoms with van der Waals surface area (Å²) in [6.45, 7) is 8.86. The highest BCUT2D eigenvalue weighted by molar-refractivity contribution is 4.97. The van der Waals surface area contributed by atoms with Gasteiger partial charge in [-0.1, -0.05) is 19.3 Å². The van der Waals surface area contributed by atoms with Crippen LogP contribution in [0.2, 0.25) is 0 Å². The largest absolute Gasteiger partial charge is 0.381 e. The normalized spacial score (nSPS) is 36.0. The zero-order chi connectivity index (χ0) is 15.5. The van der Waals surface area contributed by atoms with E-state index in [1.54, 1.807) is 0 Å². The lowest BCUT2D eigenvalue weighted by Gasteiger charge is -2.43. The molecule has 0 aromatic carbocycles. The lowest BCUT2D eigenvalue weighted by molar-refractivity contribution is 0.0288. The summed E-state index contributed by atoms with van der Waals surface area (Å²) in [7, 11) is 0. The Balaban J connectivity index is 1.31. The highest BCUT2D eigenvalue weighted by atomic mass is 16.5. The Morgan fingerprint density at radius 2 is 1.65 bits per heavy atom. The molecule has 1 atom stereocenters. The summed E-state index contributed by atoms with van der Waals surface area (Å²) in [5.41, 5.74) is 0.630. The number of ether oxygens (including phenoxy) is 1. The summed E-state index contributed by atoms with van der Waals surface area (Å²) in [4.78, 5) is 5.68. The van der Waals surface area contributed by atoms with Crippen molar-refractivity contribution in [1.82, 2.24) is 9.80 Å². The Bertz CT molecular complexity index is 376. The zero-order valence-corrected chi connectivity index (χ0v) is 15.0. The topological polar surface area (TPSA) is 15.7 Å². The van der Waals surface area contributed by atoms with Crippen molar-refractivity contribution in [2.24, 2.45) is 11.3 Å². The van der Waals surface area contributed by atoms with E-state index < -0.39 is 0 Å². The van der Waals surface area contributed by atoms with Crippen LogP contribution >= 0.6 is 0 Å². The molecule has 0 radical (unpaired) electrons. The number of hydrogen-bond acceptors (Lipinski definition) is 3. The van der Waals surface area contributed by atoms with Crippen LogP contribution in [0, 0.1) is 11.3 Å². The zero-order valence-electron chi connectivity index (χ0n) is 15.0. The summed E-state index contributed by atoms with van der Waals surface area (Å²) in [6, 6.07) is 0.817. The van der Waals surface area contributed by atoms with Crippen molar-refractivity contribution in [3.63, 3.8) is 0 Å². The van der Waals surface area contributed by atoms with Crippen molar-refractivity contribution in [3.05, 3.63) is 0 Å². The Labute approximate surface area is 142 Å². The second-order valence-corrected chi connectivity index (χ2v) is 8.91. The van der Waals surface area contributed by atoms with Crippen molar-refractivity contribution >= 4 is 0 Å². The molecule has 1 spiro atoms. The van der Waals surface area contributed by atoms with E-state index in [1.165, 1.54) is 96.9 Å². The Morgan fingerprint density at radius 3 is 2.48 bits per heavy atom. The van der Waals surface area contributed by atoms with Crippen LogP contribution in [-0.4, -0.2) is 61.8 Å². The SMILES string of the molecule is C1CCC(CN2CCCC3(CCN(C4CCOCC4)C3)C2)CC1. The molecular weight excluding hydrogens is 284 g/mol. The van der Waals surface area contributed by atoms with Gasteiger partial charge in [-0.15, -0.1) is 0 Å². The molecule has 4 rings (SSSR count). The van der Waals surface area contributed by atoms with Crippen LogP contribution in [-0.2, 0) is 4.74 Å². The third-order valence-electron chi connectivity index (χ3n) is 7.16. The van der Waals surface area contributed by atoms with Gasteiger partial charge in [-0.05, 0) is 69.4 Å². The second-order valence-electron chi connectivity index (χ2n) is 8.91. The van der Waals surface area contributed by atoms with Gasteiger partial charge in [0.25, 0.3) is 0 Å². The molecule has 1 aliphatic carbocycles. The average molecular weight is 321 g/mol. The Morgan fingerprint density at radius 1 is 0.826 bits per heavy atom. The lowest BCUT2D eigenvalue weighted by atomic mass is 9.78. The summed E-state index contributed by atoms with van der Waals surface area (Å²) in [6.07, 6.45) is 14.4. The van der Waals surface area contributed by atoms with E-state index in [1.807, 2.05) is 0 Å². The van der Waals surface area contributed by atoms with Crippen LogP contribution in [0.1, 0.15) is 64.2 Å². The van der Waals surface area contributed by atoms with Crippen LogP contribution < -0.4 is 0 Å². The minimum atomic E-state index is 0.630. The molecule has 3 saturated heterocycles. The first kappa shape index (κ1) is 16.4. The van der Waals surface area contributed by atoms with Crippen LogP contribution in [0.3, 0.4) is 0 Å². The standard InChI is InChI=1S/C20H36N2O/c1-2-5-18(6-3-1)15-21-11-4-9-20(16-21)10-12-22(17-20)19-7-13-23-14-8-19/h18-19H,1-17H2. The molecule has 4 fully saturated rings. The van der Waals surface area contributed by atoms with Gasteiger partial charge in [-0.3, -0.25) is 4.90 Å². The molecule has 3 heterocycles. The van der Waals surface area contributed by atoms with Crippen molar-refractivity contribution < 1.29 is 4.74 Å². The van der Waals surface area contributed by atoms with Gasteiger partial charge in [0.05, 0.1) is 0 Å². The quantitative estimate of drug-likeness (QED) is 0.791. The van der Waals surface area contributed by atoms with Gasteiger partial charge >= 0.3 is 0 Å². The fourth-order valence-electron chi connectivity index (χ4n) is 5.87. The van der Waals surface area contributed by atoms with E-state index >= 15 is 0 Å². The molecular formula is C20H36N2O. The van der Waals surface area contributed by atoms with Gasteiger partial charge in [0.1, 0.15) is 0 Å². The number of nitrogens with zero attached hydrogens (tertiary/aromatic N) is 2. The van der Waals surface area contributed by atoms with Crippen molar-refractivity contribution in [1.29, 1.82) is 0 Å². The number of rotatable bonds is 3. The predicted octanol–water partition coefficient (Wildman–Crippen LogP) is 3.53. The molecule has 4 aliphatic rings. The van der Waals surface area contributed by atoms with Gasteiger partial charge < -0.3 is 9.64 Å².